The molecular formula is C31H33N7O. The summed E-state index contributed by atoms with van der Waals surface area (Å²) in [6.45, 7) is 2.53. The second-order valence-corrected chi connectivity index (χ2v) is 10.3. The third kappa shape index (κ3) is 5.47. The first-order valence-corrected chi connectivity index (χ1v) is 13.6. The van der Waals surface area contributed by atoms with E-state index in [4.69, 9.17) is 15.7 Å². The van der Waals surface area contributed by atoms with Gasteiger partial charge < -0.3 is 10.6 Å². The largest absolute Gasteiger partial charge is 0.341 e. The van der Waals surface area contributed by atoms with E-state index < -0.39 is 0 Å². The number of anilines is 1. The van der Waals surface area contributed by atoms with Gasteiger partial charge in [0, 0.05) is 37.9 Å². The summed E-state index contributed by atoms with van der Waals surface area (Å²) in [5, 5.41) is 0. The molecule has 0 spiro atoms. The van der Waals surface area contributed by atoms with Gasteiger partial charge in [0.05, 0.1) is 13.1 Å². The molecular weight excluding hydrogens is 486 g/mol. The molecule has 0 bridgehead atoms. The maximum Gasteiger partial charge on any atom is 0.280 e. The van der Waals surface area contributed by atoms with Gasteiger partial charge in [-0.05, 0) is 48.1 Å². The standard InChI is InChI=1S/C31H33N7O/c32-26-12-7-19-36(22-26)31-35-29-28(38(31)21-24-10-5-2-6-11-24)30(39)37(20-25-15-17-33-18-16-25)27(34-29)14-13-23-8-3-1-4-9-23/h1-6,8-11,15-18,26H,7,12-14,19-22,32H2. The zero-order valence-electron chi connectivity index (χ0n) is 22.0. The number of aromatic nitrogens is 5. The summed E-state index contributed by atoms with van der Waals surface area (Å²) in [5.41, 5.74) is 10.6. The van der Waals surface area contributed by atoms with Crippen LogP contribution in [0.25, 0.3) is 11.2 Å². The maximum absolute atomic E-state index is 14.3. The third-order valence-corrected chi connectivity index (χ3v) is 7.42. The Bertz CT molecular complexity index is 1600. The number of aryl methyl sites for hydroxylation is 2. The first-order valence-electron chi connectivity index (χ1n) is 13.6. The molecule has 1 aliphatic heterocycles. The monoisotopic (exact) mass is 519 g/mol. The predicted octanol–water partition coefficient (Wildman–Crippen LogP) is 3.80. The van der Waals surface area contributed by atoms with Crippen LogP contribution in [0.1, 0.15) is 35.4 Å². The van der Waals surface area contributed by atoms with Gasteiger partial charge >= 0.3 is 0 Å². The molecule has 0 aliphatic carbocycles. The molecule has 3 aromatic heterocycles. The Balaban J connectivity index is 1.50. The van der Waals surface area contributed by atoms with Gasteiger partial charge in [0.1, 0.15) is 5.82 Å². The molecule has 1 atom stereocenters. The SMILES string of the molecule is NC1CCCN(c2nc3nc(CCc4ccccc4)n(Cc4ccncc4)c(=O)c3n2Cc2ccccc2)C1. The average Bonchev–Trinajstić information content (AvgIpc) is 3.33. The van der Waals surface area contributed by atoms with Crippen molar-refractivity contribution in [2.75, 3.05) is 18.0 Å². The zero-order valence-corrected chi connectivity index (χ0v) is 22.0. The molecule has 4 heterocycles. The lowest BCUT2D eigenvalue weighted by atomic mass is 10.1. The van der Waals surface area contributed by atoms with Gasteiger partial charge in [-0.2, -0.15) is 4.98 Å². The van der Waals surface area contributed by atoms with E-state index in [-0.39, 0.29) is 11.6 Å². The Morgan fingerprint density at radius 3 is 2.18 bits per heavy atom. The summed E-state index contributed by atoms with van der Waals surface area (Å²) in [6, 6.07) is 24.5. The highest BCUT2D eigenvalue weighted by Gasteiger charge is 2.26. The highest BCUT2D eigenvalue weighted by Crippen LogP contribution is 2.25. The number of nitrogens with two attached hydrogens (primary N) is 1. The van der Waals surface area contributed by atoms with E-state index in [1.54, 1.807) is 12.4 Å². The fraction of sp³-hybridized carbons (Fsp3) is 0.290. The van der Waals surface area contributed by atoms with Gasteiger partial charge in [-0.1, -0.05) is 60.7 Å². The van der Waals surface area contributed by atoms with E-state index in [1.165, 1.54) is 5.56 Å². The topological polar surface area (TPSA) is 94.9 Å². The van der Waals surface area contributed by atoms with Crippen LogP contribution in [0.3, 0.4) is 0 Å². The number of fused-ring (bicyclic) bond motifs is 1. The van der Waals surface area contributed by atoms with Crippen LogP contribution in [0.15, 0.2) is 90.0 Å². The number of rotatable bonds is 8. The molecule has 0 radical (unpaired) electrons. The number of imidazole rings is 1. The maximum atomic E-state index is 14.3. The molecule has 39 heavy (non-hydrogen) atoms. The molecule has 1 saturated heterocycles. The summed E-state index contributed by atoms with van der Waals surface area (Å²) < 4.78 is 3.86. The van der Waals surface area contributed by atoms with Crippen LogP contribution >= 0.6 is 0 Å². The van der Waals surface area contributed by atoms with Crippen molar-refractivity contribution in [3.63, 3.8) is 0 Å². The number of hydrogen-bond donors (Lipinski definition) is 1. The van der Waals surface area contributed by atoms with Gasteiger partial charge in [0.25, 0.3) is 5.56 Å². The molecule has 5 aromatic rings. The molecule has 1 fully saturated rings. The number of pyridine rings is 1. The van der Waals surface area contributed by atoms with E-state index >= 15 is 0 Å². The van der Waals surface area contributed by atoms with Gasteiger partial charge in [-0.15, -0.1) is 0 Å². The Labute approximate surface area is 227 Å². The van der Waals surface area contributed by atoms with Crippen LogP contribution in [0.5, 0.6) is 0 Å². The lowest BCUT2D eigenvalue weighted by molar-refractivity contribution is 0.495. The molecule has 6 rings (SSSR count). The van der Waals surface area contributed by atoms with Crippen molar-refractivity contribution in [1.29, 1.82) is 0 Å². The van der Waals surface area contributed by atoms with Gasteiger partial charge in [0.2, 0.25) is 5.95 Å². The fourth-order valence-corrected chi connectivity index (χ4v) is 5.42. The number of piperidine rings is 1. The van der Waals surface area contributed by atoms with Crippen LogP contribution in [0.4, 0.5) is 5.95 Å². The summed E-state index contributed by atoms with van der Waals surface area (Å²) >= 11 is 0. The van der Waals surface area contributed by atoms with Crippen molar-refractivity contribution >= 4 is 17.1 Å². The van der Waals surface area contributed by atoms with E-state index in [1.807, 2.05) is 57.7 Å². The second kappa shape index (κ2) is 11.2. The third-order valence-electron chi connectivity index (χ3n) is 7.42. The minimum Gasteiger partial charge on any atom is -0.341 e. The van der Waals surface area contributed by atoms with E-state index in [0.717, 1.165) is 48.7 Å². The van der Waals surface area contributed by atoms with E-state index in [9.17, 15) is 4.79 Å². The molecule has 0 saturated carbocycles. The number of benzene rings is 2. The summed E-state index contributed by atoms with van der Waals surface area (Å²) in [6.07, 6.45) is 6.93. The van der Waals surface area contributed by atoms with Crippen molar-refractivity contribution in [3.8, 4) is 0 Å². The number of hydrogen-bond acceptors (Lipinski definition) is 6. The molecule has 2 N–H and O–H groups in total. The first kappa shape index (κ1) is 25.0. The van der Waals surface area contributed by atoms with Gasteiger partial charge in [-0.25, -0.2) is 4.98 Å². The van der Waals surface area contributed by atoms with Crippen LogP contribution in [-0.4, -0.2) is 43.2 Å². The van der Waals surface area contributed by atoms with E-state index in [2.05, 4.69) is 34.1 Å². The molecule has 2 aromatic carbocycles. The van der Waals surface area contributed by atoms with Crippen molar-refractivity contribution in [2.24, 2.45) is 5.73 Å². The quantitative estimate of drug-likeness (QED) is 0.335. The van der Waals surface area contributed by atoms with Gasteiger partial charge in [-0.3, -0.25) is 18.9 Å². The van der Waals surface area contributed by atoms with Crippen molar-refractivity contribution in [1.82, 2.24) is 24.1 Å². The molecule has 8 nitrogen and oxygen atoms in total. The van der Waals surface area contributed by atoms with Crippen molar-refractivity contribution < 1.29 is 0 Å². The Morgan fingerprint density at radius 2 is 1.46 bits per heavy atom. The summed E-state index contributed by atoms with van der Waals surface area (Å²) in [4.78, 5) is 30.7. The smallest absolute Gasteiger partial charge is 0.280 e. The molecule has 1 unspecified atom stereocenters. The number of nitrogens with zero attached hydrogens (tertiary/aromatic N) is 6. The van der Waals surface area contributed by atoms with Gasteiger partial charge in [0.15, 0.2) is 11.2 Å². The lowest BCUT2D eigenvalue weighted by Gasteiger charge is -2.31. The molecule has 198 valence electrons. The second-order valence-electron chi connectivity index (χ2n) is 10.3. The first-order chi connectivity index (χ1) is 19.2. The molecule has 0 amide bonds. The Hall–Kier alpha value is -4.30. The minimum absolute atomic E-state index is 0.0733. The molecule has 1 aliphatic rings. The normalized spacial score (nSPS) is 15.6. The van der Waals surface area contributed by atoms with E-state index in [0.29, 0.717) is 37.2 Å². The van der Waals surface area contributed by atoms with Crippen LogP contribution < -0.4 is 16.2 Å². The lowest BCUT2D eigenvalue weighted by Crippen LogP contribution is -2.44. The highest BCUT2D eigenvalue weighted by molar-refractivity contribution is 5.74. The van der Waals surface area contributed by atoms with Crippen molar-refractivity contribution in [2.45, 2.75) is 44.8 Å². The van der Waals surface area contributed by atoms with Crippen molar-refractivity contribution in [3.05, 3.63) is 118 Å². The highest BCUT2D eigenvalue weighted by atomic mass is 16.1. The summed E-state index contributed by atoms with van der Waals surface area (Å²) in [7, 11) is 0. The average molecular weight is 520 g/mol. The zero-order chi connectivity index (χ0) is 26.6. The fourth-order valence-electron chi connectivity index (χ4n) is 5.42. The van der Waals surface area contributed by atoms with Crippen LogP contribution in [-0.2, 0) is 25.9 Å². The summed E-state index contributed by atoms with van der Waals surface area (Å²) in [5.74, 6) is 1.50. The predicted molar refractivity (Wildman–Crippen MR) is 154 cm³/mol. The molecule has 8 heteroatoms. The Kier molecular flexibility index (Phi) is 7.19. The Morgan fingerprint density at radius 1 is 0.795 bits per heavy atom. The minimum atomic E-state index is -0.0733. The van der Waals surface area contributed by atoms with Crippen LogP contribution in [0, 0.1) is 0 Å². The van der Waals surface area contributed by atoms with Crippen LogP contribution in [0.2, 0.25) is 0 Å².